The first-order valence-corrected chi connectivity index (χ1v) is 2.64. The second-order valence-corrected chi connectivity index (χ2v) is 1.99. The molecule has 0 spiro atoms. The Balaban J connectivity index is 3.52. The van der Waals surface area contributed by atoms with E-state index < -0.39 is 0 Å². The fourth-order valence-corrected chi connectivity index (χ4v) is 0.729. The smallest absolute Gasteiger partial charge is 0.0329 e. The van der Waals surface area contributed by atoms with Crippen molar-refractivity contribution in [3.63, 3.8) is 0 Å². The van der Waals surface area contributed by atoms with Gasteiger partial charge in [-0.3, -0.25) is 0 Å². The van der Waals surface area contributed by atoms with E-state index in [0.717, 1.165) is 10.4 Å². The van der Waals surface area contributed by atoms with Gasteiger partial charge < -0.3 is 5.11 Å². The largest absolute Gasteiger partial charge is 0.872 e. The van der Waals surface area contributed by atoms with Gasteiger partial charge in [0.25, 0.3) is 0 Å². The molecule has 1 aromatic rings. The molecule has 1 rings (SSSR count). The lowest BCUT2D eigenvalue weighted by Gasteiger charge is -2.01. The van der Waals surface area contributed by atoms with Gasteiger partial charge in [0, 0.05) is 0 Å². The number of rotatable bonds is 0. The Labute approximate surface area is 53.6 Å². The highest BCUT2D eigenvalue weighted by Crippen LogP contribution is 1.89. The maximum atomic E-state index is 10.6. The summed E-state index contributed by atoms with van der Waals surface area (Å²) in [7, 11) is 0. The first-order valence-electron chi connectivity index (χ1n) is 2.64. The highest BCUT2D eigenvalue weighted by Gasteiger charge is 1.74. The monoisotopic (exact) mass is 119 g/mol. The SMILES string of the molecule is C=c1cc([O-])[cH-]c(=C)[cH+]1. The molecule has 0 aliphatic carbocycles. The molecule has 0 heterocycles. The summed E-state index contributed by atoms with van der Waals surface area (Å²) in [5.74, 6) is -0.0208. The maximum Gasteiger partial charge on any atom is -0.0329 e. The Morgan fingerprint density at radius 1 is 1.56 bits per heavy atom. The van der Waals surface area contributed by atoms with Crippen molar-refractivity contribution < 1.29 is 5.11 Å². The average Bonchev–Trinajstić information content (AvgIpc) is 1.59. The zero-order valence-electron chi connectivity index (χ0n) is 5.05. The summed E-state index contributed by atoms with van der Waals surface area (Å²) in [5.41, 5.74) is 0. The summed E-state index contributed by atoms with van der Waals surface area (Å²) in [6, 6.07) is 4.73. The van der Waals surface area contributed by atoms with Crippen molar-refractivity contribution in [1.29, 1.82) is 0 Å². The molecular weight excluding hydrogens is 112 g/mol. The van der Waals surface area contributed by atoms with Crippen molar-refractivity contribution in [2.75, 3.05) is 0 Å². The third kappa shape index (κ3) is 1.32. The van der Waals surface area contributed by atoms with Crippen molar-refractivity contribution in [1.82, 2.24) is 0 Å². The minimum Gasteiger partial charge on any atom is -0.872 e. The van der Waals surface area contributed by atoms with Crippen molar-refractivity contribution in [3.8, 4) is 5.75 Å². The summed E-state index contributed by atoms with van der Waals surface area (Å²) in [6.07, 6.45) is 0. The predicted molar refractivity (Wildman–Crippen MR) is 36.2 cm³/mol. The summed E-state index contributed by atoms with van der Waals surface area (Å²) in [5, 5.41) is 12.1. The number of hydrogen-bond donors (Lipinski definition) is 0. The molecule has 0 unspecified atom stereocenters. The first-order chi connectivity index (χ1) is 4.18. The van der Waals surface area contributed by atoms with Crippen LogP contribution in [0.5, 0.6) is 5.75 Å². The molecule has 0 N–H and O–H groups in total. The van der Waals surface area contributed by atoms with Crippen LogP contribution in [0.1, 0.15) is 0 Å². The van der Waals surface area contributed by atoms with E-state index in [9.17, 15) is 5.11 Å². The van der Waals surface area contributed by atoms with Crippen LogP contribution in [0.3, 0.4) is 0 Å². The molecule has 0 atom stereocenters. The summed E-state index contributed by atoms with van der Waals surface area (Å²) < 4.78 is 0. The van der Waals surface area contributed by atoms with E-state index in [2.05, 4.69) is 13.2 Å². The lowest BCUT2D eigenvalue weighted by atomic mass is 10.2. The van der Waals surface area contributed by atoms with E-state index in [4.69, 9.17) is 0 Å². The molecule has 0 aromatic heterocycles. The van der Waals surface area contributed by atoms with E-state index >= 15 is 0 Å². The van der Waals surface area contributed by atoms with Crippen molar-refractivity contribution >= 4 is 13.2 Å². The van der Waals surface area contributed by atoms with Gasteiger partial charge in [0.1, 0.15) is 0 Å². The average molecular weight is 119 g/mol. The predicted octanol–water partition coefficient (Wildman–Crippen LogP) is -0.419. The highest BCUT2D eigenvalue weighted by atomic mass is 16.3. The summed E-state index contributed by atoms with van der Waals surface area (Å²) in [4.78, 5) is 0. The van der Waals surface area contributed by atoms with Gasteiger partial charge >= 0.3 is 0 Å². The Kier molecular flexibility index (Phi) is 1.27. The molecular formula is C8H7O-. The van der Waals surface area contributed by atoms with Crippen LogP contribution >= 0.6 is 0 Å². The van der Waals surface area contributed by atoms with Crippen LogP contribution in [0, 0.1) is 0 Å². The molecule has 0 radical (unpaired) electrons. The molecule has 9 heavy (non-hydrogen) atoms. The number of hydrogen-bond acceptors (Lipinski definition) is 1. The quantitative estimate of drug-likeness (QED) is 0.425. The van der Waals surface area contributed by atoms with Crippen LogP contribution in [-0.2, 0) is 0 Å². The maximum absolute atomic E-state index is 10.6. The molecule has 0 fully saturated rings. The molecule has 0 saturated carbocycles. The van der Waals surface area contributed by atoms with E-state index in [1.165, 1.54) is 12.1 Å². The lowest BCUT2D eigenvalue weighted by Crippen LogP contribution is -2.10. The lowest BCUT2D eigenvalue weighted by molar-refractivity contribution is -0.268. The topological polar surface area (TPSA) is 23.1 Å². The summed E-state index contributed by atoms with van der Waals surface area (Å²) in [6.45, 7) is 7.20. The van der Waals surface area contributed by atoms with Gasteiger partial charge in [0.15, 0.2) is 0 Å². The zero-order valence-corrected chi connectivity index (χ0v) is 5.05. The molecule has 46 valence electrons. The van der Waals surface area contributed by atoms with Crippen LogP contribution in [0.15, 0.2) is 18.2 Å². The van der Waals surface area contributed by atoms with E-state index in [1.807, 2.05) is 0 Å². The minimum atomic E-state index is -0.0208. The number of benzene rings is 1. The second-order valence-electron chi connectivity index (χ2n) is 1.99. The summed E-state index contributed by atoms with van der Waals surface area (Å²) >= 11 is 0. The van der Waals surface area contributed by atoms with Gasteiger partial charge in [-0.1, -0.05) is 25.3 Å². The van der Waals surface area contributed by atoms with Crippen molar-refractivity contribution in [2.45, 2.75) is 0 Å². The van der Waals surface area contributed by atoms with Gasteiger partial charge in [-0.15, -0.1) is 5.75 Å². The minimum absolute atomic E-state index is 0.0208. The van der Waals surface area contributed by atoms with Crippen LogP contribution in [0.25, 0.3) is 13.2 Å². The van der Waals surface area contributed by atoms with E-state index in [1.54, 1.807) is 6.07 Å². The molecule has 0 saturated heterocycles. The Hall–Kier alpha value is -1.24. The van der Waals surface area contributed by atoms with Gasteiger partial charge in [-0.2, -0.15) is 0 Å². The Morgan fingerprint density at radius 2 is 2.22 bits per heavy atom. The van der Waals surface area contributed by atoms with Crippen LogP contribution < -0.4 is 15.5 Å². The molecule has 0 aliphatic heterocycles. The van der Waals surface area contributed by atoms with E-state index in [0.29, 0.717) is 0 Å². The van der Waals surface area contributed by atoms with Crippen LogP contribution in [0.2, 0.25) is 0 Å². The van der Waals surface area contributed by atoms with Crippen LogP contribution in [-0.4, -0.2) is 0 Å². The zero-order chi connectivity index (χ0) is 6.85. The van der Waals surface area contributed by atoms with Gasteiger partial charge in [0.05, 0.1) is 0 Å². The third-order valence-corrected chi connectivity index (χ3v) is 1.03. The molecule has 0 bridgehead atoms. The standard InChI is InChI=1S/C8H8O/c1-6-3-7(2)5-8(9)4-6/h3-5,9H,1-2H2/p-1. The molecule has 1 nitrogen and oxygen atoms in total. The van der Waals surface area contributed by atoms with Gasteiger partial charge in [-0.25, -0.2) is 0 Å². The fourth-order valence-electron chi connectivity index (χ4n) is 0.729. The second kappa shape index (κ2) is 1.94. The molecule has 1 heteroatoms. The molecule has 0 aliphatic rings. The van der Waals surface area contributed by atoms with E-state index in [-0.39, 0.29) is 5.75 Å². The fraction of sp³-hybridized carbons (Fsp3) is 0. The molecule has 1 aromatic carbocycles. The first kappa shape index (κ1) is 5.89. The van der Waals surface area contributed by atoms with Crippen molar-refractivity contribution in [3.05, 3.63) is 28.6 Å². The molecule has 0 amide bonds. The third-order valence-electron chi connectivity index (χ3n) is 1.03. The Morgan fingerprint density at radius 3 is 2.67 bits per heavy atom. The normalized spacial score (nSPS) is 9.33. The van der Waals surface area contributed by atoms with Crippen LogP contribution in [0.4, 0.5) is 0 Å². The highest BCUT2D eigenvalue weighted by molar-refractivity contribution is 5.24. The van der Waals surface area contributed by atoms with Gasteiger partial charge in [-0.05, 0) is 16.5 Å². The van der Waals surface area contributed by atoms with Crippen molar-refractivity contribution in [2.24, 2.45) is 0 Å². The Bertz CT molecular complexity index is 273. The van der Waals surface area contributed by atoms with Gasteiger partial charge in [0.2, 0.25) is 0 Å².